The van der Waals surface area contributed by atoms with Crippen LogP contribution in [-0.4, -0.2) is 125 Å². The number of nitrogens with one attached hydrogen (secondary N) is 4. The topological polar surface area (TPSA) is 251 Å². The Labute approximate surface area is 366 Å². The molecule has 0 aliphatic carbocycles. The number of aliphatic imine (C=N–C) groups is 1. The van der Waals surface area contributed by atoms with E-state index in [4.69, 9.17) is 34.2 Å². The van der Waals surface area contributed by atoms with Gasteiger partial charge in [-0.15, -0.1) is 0 Å². The Bertz CT molecular complexity index is 1660. The number of alkyl carbamates (subject to hydrolysis) is 3. The van der Waals surface area contributed by atoms with E-state index < -0.39 is 83.3 Å². The Morgan fingerprint density at radius 2 is 1.24 bits per heavy atom. The van der Waals surface area contributed by atoms with Crippen LogP contribution in [0.15, 0.2) is 35.3 Å². The molecule has 1 aromatic rings. The molecule has 7 N–H and O–H groups in total. The van der Waals surface area contributed by atoms with Crippen LogP contribution in [0.1, 0.15) is 115 Å². The average molecular weight is 878 g/mol. The number of amides is 5. The predicted molar refractivity (Wildman–Crippen MR) is 233 cm³/mol. The molecule has 1 saturated heterocycles. The van der Waals surface area contributed by atoms with Gasteiger partial charge in [0.15, 0.2) is 0 Å². The van der Waals surface area contributed by atoms with Gasteiger partial charge in [-0.25, -0.2) is 24.2 Å². The first-order valence-corrected chi connectivity index (χ1v) is 20.8. The molecule has 0 radical (unpaired) electrons. The summed E-state index contributed by atoms with van der Waals surface area (Å²) in [5.41, 5.74) is 3.88. The Balaban J connectivity index is 2.06. The second-order valence-corrected chi connectivity index (χ2v) is 18.8. The van der Waals surface area contributed by atoms with Gasteiger partial charge >= 0.3 is 24.4 Å². The summed E-state index contributed by atoms with van der Waals surface area (Å²) < 4.78 is 33.6. The van der Waals surface area contributed by atoms with Crippen molar-refractivity contribution in [2.45, 2.75) is 162 Å². The first-order chi connectivity index (χ1) is 28.5. The fraction of sp³-hybridized carbons (Fsp3) is 0.674. The van der Waals surface area contributed by atoms with Gasteiger partial charge in [-0.1, -0.05) is 12.1 Å². The van der Waals surface area contributed by atoms with E-state index in [1.165, 1.54) is 6.08 Å². The molecule has 0 saturated carbocycles. The Hall–Kier alpha value is -5.14. The lowest BCUT2D eigenvalue weighted by Gasteiger charge is -2.40. The largest absolute Gasteiger partial charge is 0.462 e. The molecule has 5 amide bonds. The molecule has 1 heterocycles. The van der Waals surface area contributed by atoms with Crippen LogP contribution in [0.25, 0.3) is 6.08 Å². The molecule has 1 aromatic carbocycles. The first kappa shape index (κ1) is 53.0. The zero-order chi connectivity index (χ0) is 47.1. The Morgan fingerprint density at radius 1 is 0.742 bits per heavy atom. The smallest absolute Gasteiger partial charge is 0.414 e. The van der Waals surface area contributed by atoms with Crippen molar-refractivity contribution in [3.05, 3.63) is 35.9 Å². The molecule has 0 unspecified atom stereocenters. The van der Waals surface area contributed by atoms with Crippen LogP contribution in [-0.2, 0) is 28.5 Å². The molecule has 62 heavy (non-hydrogen) atoms. The molecule has 0 aromatic heterocycles. The monoisotopic (exact) mass is 878 g/mol. The molecule has 5 atom stereocenters. The molecule has 19 heteroatoms. The summed E-state index contributed by atoms with van der Waals surface area (Å²) in [5, 5.41) is 21.5. The SMILES string of the molecule is C[C@H]1O[C@H](Oc2ccc(/C=C/C(=O)NCCCN(CCCCNC(=O)OC(C)(C)C)C(=O)OC(C)(C)C)cc2)[C@H](N=C(NC(=O)OC(C)(C)C)NC(=O)OC(C)(C)C)[C@@H](O)[C@@H]1N. The van der Waals surface area contributed by atoms with Gasteiger partial charge in [0.2, 0.25) is 18.2 Å². The lowest BCUT2D eigenvalue weighted by atomic mass is 9.96. The maximum atomic E-state index is 12.9. The highest BCUT2D eigenvalue weighted by atomic mass is 16.7. The zero-order valence-corrected chi connectivity index (χ0v) is 38.7. The summed E-state index contributed by atoms with van der Waals surface area (Å²) in [5.74, 6) is -0.409. The van der Waals surface area contributed by atoms with E-state index in [1.54, 1.807) is 125 Å². The fourth-order valence-corrected chi connectivity index (χ4v) is 5.39. The zero-order valence-electron chi connectivity index (χ0n) is 38.7. The summed E-state index contributed by atoms with van der Waals surface area (Å²) in [7, 11) is 0. The second kappa shape index (κ2) is 23.3. The van der Waals surface area contributed by atoms with E-state index in [0.717, 1.165) is 0 Å². The number of aliphatic hydroxyl groups is 1. The third-order valence-corrected chi connectivity index (χ3v) is 8.07. The number of carbonyl (C=O) groups excluding carboxylic acids is 5. The Kier molecular flexibility index (Phi) is 20.0. The van der Waals surface area contributed by atoms with E-state index in [2.05, 4.69) is 26.3 Å². The minimum Gasteiger partial charge on any atom is -0.462 e. The number of ether oxygens (including phenoxy) is 6. The molecular formula is C43H71N7O12. The number of nitrogens with two attached hydrogens (primary N) is 1. The minimum absolute atomic E-state index is 0.302. The van der Waals surface area contributed by atoms with E-state index in [-0.39, 0.29) is 5.91 Å². The first-order valence-electron chi connectivity index (χ1n) is 20.8. The lowest BCUT2D eigenvalue weighted by molar-refractivity contribution is -0.189. The number of rotatable bonds is 14. The van der Waals surface area contributed by atoms with Crippen molar-refractivity contribution in [1.82, 2.24) is 26.2 Å². The van der Waals surface area contributed by atoms with Crippen molar-refractivity contribution >= 4 is 42.3 Å². The molecular weight excluding hydrogens is 807 g/mol. The highest BCUT2D eigenvalue weighted by Crippen LogP contribution is 2.26. The minimum atomic E-state index is -1.33. The van der Waals surface area contributed by atoms with Crippen LogP contribution in [0.3, 0.4) is 0 Å². The molecule has 2 rings (SSSR count). The Morgan fingerprint density at radius 3 is 1.77 bits per heavy atom. The van der Waals surface area contributed by atoms with Crippen molar-refractivity contribution in [3.8, 4) is 5.75 Å². The third kappa shape index (κ3) is 22.1. The van der Waals surface area contributed by atoms with Gasteiger partial charge in [0, 0.05) is 32.3 Å². The van der Waals surface area contributed by atoms with Crippen LogP contribution in [0, 0.1) is 0 Å². The fourth-order valence-electron chi connectivity index (χ4n) is 5.39. The maximum absolute atomic E-state index is 12.9. The number of unbranched alkanes of at least 4 members (excludes halogenated alkanes) is 1. The summed E-state index contributed by atoms with van der Waals surface area (Å²) in [6.45, 7) is 23.8. The lowest BCUT2D eigenvalue weighted by Crippen LogP contribution is -2.62. The van der Waals surface area contributed by atoms with Crippen molar-refractivity contribution in [2.75, 3.05) is 26.2 Å². The summed E-state index contributed by atoms with van der Waals surface area (Å²) in [6.07, 6.45) is -1.32. The van der Waals surface area contributed by atoms with E-state index in [1.807, 2.05) is 0 Å². The van der Waals surface area contributed by atoms with Crippen molar-refractivity contribution in [2.24, 2.45) is 10.7 Å². The van der Waals surface area contributed by atoms with Crippen LogP contribution in [0.2, 0.25) is 0 Å². The number of carbonyl (C=O) groups is 5. The van der Waals surface area contributed by atoms with Crippen LogP contribution in [0.5, 0.6) is 5.75 Å². The molecule has 0 spiro atoms. The maximum Gasteiger partial charge on any atom is 0.414 e. The number of hydrogen-bond donors (Lipinski definition) is 6. The average Bonchev–Trinajstić information content (AvgIpc) is 3.09. The van der Waals surface area contributed by atoms with Gasteiger partial charge in [-0.2, -0.15) is 0 Å². The number of benzene rings is 1. The predicted octanol–water partition coefficient (Wildman–Crippen LogP) is 5.33. The van der Waals surface area contributed by atoms with Gasteiger partial charge in [-0.3, -0.25) is 15.4 Å². The van der Waals surface area contributed by atoms with Crippen molar-refractivity contribution in [3.63, 3.8) is 0 Å². The normalized spacial score (nSPS) is 19.4. The van der Waals surface area contributed by atoms with Crippen molar-refractivity contribution in [1.29, 1.82) is 0 Å². The van der Waals surface area contributed by atoms with Gasteiger partial charge < -0.3 is 54.8 Å². The van der Waals surface area contributed by atoms with Crippen LogP contribution < -0.4 is 31.7 Å². The van der Waals surface area contributed by atoms with E-state index >= 15 is 0 Å². The van der Waals surface area contributed by atoms with E-state index in [9.17, 15) is 29.1 Å². The number of nitrogens with zero attached hydrogens (tertiary/aromatic N) is 2. The highest BCUT2D eigenvalue weighted by Gasteiger charge is 2.44. The second-order valence-electron chi connectivity index (χ2n) is 18.8. The highest BCUT2D eigenvalue weighted by molar-refractivity contribution is 6.01. The number of hydrogen-bond acceptors (Lipinski definition) is 14. The molecule has 1 fully saturated rings. The third-order valence-electron chi connectivity index (χ3n) is 8.07. The van der Waals surface area contributed by atoms with Gasteiger partial charge in [0.1, 0.15) is 40.3 Å². The number of aliphatic hydroxyl groups excluding tert-OH is 1. The molecule has 350 valence electrons. The van der Waals surface area contributed by atoms with Crippen LogP contribution >= 0.6 is 0 Å². The standard InChI is InChI=1S/C43H71N7O12/c1-27-31(44)33(52)32(47-35(48-37(54)60-41(5,6)7)49-38(55)61-42(8,9)10)34(57-27)58-29-20-17-28(18-21-29)19-22-30(51)45-24-16-26-50(39(56)62-43(11,12)13)25-15-14-23-46-36(53)59-40(2,3)4/h17-22,27,31-34,52H,14-16,23-26,44H2,1-13H3,(H,45,51)(H,46,53)(H2,47,48,49,54,55)/b22-19+/t27-,31-,32-,33+,34-/m1/s1. The summed E-state index contributed by atoms with van der Waals surface area (Å²) in [4.78, 5) is 68.9. The van der Waals surface area contributed by atoms with Crippen molar-refractivity contribution < 1.29 is 57.5 Å². The van der Waals surface area contributed by atoms with Crippen LogP contribution in [0.4, 0.5) is 19.2 Å². The molecule has 19 nitrogen and oxygen atoms in total. The number of guanidine groups is 1. The molecule has 0 bridgehead atoms. The van der Waals surface area contributed by atoms with E-state index in [0.29, 0.717) is 56.8 Å². The van der Waals surface area contributed by atoms with Gasteiger partial charge in [0.25, 0.3) is 0 Å². The van der Waals surface area contributed by atoms with Gasteiger partial charge in [0.05, 0.1) is 12.1 Å². The summed E-state index contributed by atoms with van der Waals surface area (Å²) >= 11 is 0. The summed E-state index contributed by atoms with van der Waals surface area (Å²) in [6, 6.07) is 4.52. The molecule has 1 aliphatic heterocycles. The quantitative estimate of drug-likeness (QED) is 0.0455. The molecule has 1 aliphatic rings. The van der Waals surface area contributed by atoms with Gasteiger partial charge in [-0.05, 0) is 133 Å².